The molecule has 0 aromatic heterocycles. The number of ketones is 1. The summed E-state index contributed by atoms with van der Waals surface area (Å²) in [5.74, 6) is -1.27. The van der Waals surface area contributed by atoms with E-state index in [0.29, 0.717) is 39.0 Å². The number of amides is 1. The van der Waals surface area contributed by atoms with Crippen LogP contribution in [0.25, 0.3) is 0 Å². The van der Waals surface area contributed by atoms with E-state index < -0.39 is 47.5 Å². The summed E-state index contributed by atoms with van der Waals surface area (Å²) in [6, 6.07) is -0.300. The van der Waals surface area contributed by atoms with Crippen LogP contribution in [0, 0.1) is 23.2 Å². The number of likely N-dealkylation sites (tertiary alicyclic amines) is 1. The van der Waals surface area contributed by atoms with E-state index >= 15 is 0 Å². The van der Waals surface area contributed by atoms with Crippen LogP contribution >= 0.6 is 0 Å². The predicted molar refractivity (Wildman–Crippen MR) is 184 cm³/mol. The first-order valence-corrected chi connectivity index (χ1v) is 17.8. The number of ether oxygens (including phenoxy) is 4. The summed E-state index contributed by atoms with van der Waals surface area (Å²) in [5, 5.41) is 11.4. The van der Waals surface area contributed by atoms with Gasteiger partial charge in [-0.1, -0.05) is 13.8 Å². The van der Waals surface area contributed by atoms with E-state index in [1.54, 1.807) is 27.9 Å². The molecule has 0 bridgehead atoms. The summed E-state index contributed by atoms with van der Waals surface area (Å²) >= 11 is 0. The van der Waals surface area contributed by atoms with Gasteiger partial charge in [0, 0.05) is 44.7 Å². The Morgan fingerprint density at radius 2 is 1.65 bits per heavy atom. The van der Waals surface area contributed by atoms with Crippen molar-refractivity contribution >= 4 is 17.7 Å². The molecule has 0 aliphatic carbocycles. The molecule has 0 radical (unpaired) electrons. The molecule has 3 rings (SSSR count). The number of aliphatic hydroxyl groups is 1. The zero-order chi connectivity index (χ0) is 36.3. The predicted octanol–water partition coefficient (Wildman–Crippen LogP) is 2.51. The van der Waals surface area contributed by atoms with Gasteiger partial charge in [0.15, 0.2) is 12.1 Å². The minimum Gasteiger partial charge on any atom is -0.460 e. The Bertz CT molecular complexity index is 1100. The standard InChI is InChI=1S/C36H66N4O8/c1-22-19-36(7,45-13)32(48-33-30(42)27(38(10)11)18-23(2)46-33)24(3)31(43)35(5,6)34(44)47-25(4)29(39(12)20-22)26-14-16-40(17-15-26)28(41)21-37(8)9/h22-27,29-30,32-33,42H,14-21H2,1-13H3/t22-,23-,24+,25+,27+,29+,30-,32-,33+,36-/m1/s1. The summed E-state index contributed by atoms with van der Waals surface area (Å²) in [7, 11) is 11.3. The van der Waals surface area contributed by atoms with Gasteiger partial charge < -0.3 is 38.8 Å². The molecule has 3 aliphatic heterocycles. The summed E-state index contributed by atoms with van der Waals surface area (Å²) < 4.78 is 25.3. The molecule has 0 aromatic rings. The molecule has 3 heterocycles. The van der Waals surface area contributed by atoms with Gasteiger partial charge in [-0.3, -0.25) is 19.3 Å². The molecule has 0 spiro atoms. The number of esters is 1. The molecule has 3 aliphatic rings. The molecule has 0 unspecified atom stereocenters. The third-order valence-corrected chi connectivity index (χ3v) is 11.1. The number of cyclic esters (lactones) is 1. The summed E-state index contributed by atoms with van der Waals surface area (Å²) in [6.45, 7) is 15.4. The maximum absolute atomic E-state index is 14.4. The summed E-state index contributed by atoms with van der Waals surface area (Å²) in [4.78, 5) is 49.1. The molecular formula is C36H66N4O8. The second kappa shape index (κ2) is 16.6. The molecular weight excluding hydrogens is 616 g/mol. The number of hydrogen-bond acceptors (Lipinski definition) is 11. The quantitative estimate of drug-likeness (QED) is 0.315. The van der Waals surface area contributed by atoms with Crippen LogP contribution in [0.1, 0.15) is 74.1 Å². The maximum Gasteiger partial charge on any atom is 0.319 e. The smallest absolute Gasteiger partial charge is 0.319 e. The van der Waals surface area contributed by atoms with Crippen LogP contribution in [0.5, 0.6) is 0 Å². The molecule has 3 saturated heterocycles. The van der Waals surface area contributed by atoms with Gasteiger partial charge in [0.2, 0.25) is 5.91 Å². The first-order valence-electron chi connectivity index (χ1n) is 17.8. The highest BCUT2D eigenvalue weighted by Crippen LogP contribution is 2.39. The summed E-state index contributed by atoms with van der Waals surface area (Å²) in [5.41, 5.74) is -2.43. The molecule has 1 amide bonds. The Balaban J connectivity index is 1.96. The molecule has 12 heteroatoms. The topological polar surface area (TPSA) is 121 Å². The zero-order valence-corrected chi connectivity index (χ0v) is 32.0. The Kier molecular flexibility index (Phi) is 14.1. The highest BCUT2D eigenvalue weighted by molar-refractivity contribution is 6.04. The number of carbonyl (C=O) groups excluding carboxylic acids is 3. The van der Waals surface area contributed by atoms with E-state index in [9.17, 15) is 19.5 Å². The van der Waals surface area contributed by atoms with Crippen molar-refractivity contribution in [2.45, 2.75) is 123 Å². The average molecular weight is 683 g/mol. The molecule has 1 N–H and O–H groups in total. The van der Waals surface area contributed by atoms with Crippen LogP contribution in [0.4, 0.5) is 0 Å². The fourth-order valence-corrected chi connectivity index (χ4v) is 8.43. The number of hydrogen-bond donors (Lipinski definition) is 1. The van der Waals surface area contributed by atoms with Crippen molar-refractivity contribution in [2.24, 2.45) is 23.2 Å². The molecule has 0 aromatic carbocycles. The van der Waals surface area contributed by atoms with E-state index in [0.717, 1.165) is 12.8 Å². The van der Waals surface area contributed by atoms with Crippen LogP contribution in [0.15, 0.2) is 0 Å². The van der Waals surface area contributed by atoms with Crippen molar-refractivity contribution in [3.8, 4) is 0 Å². The second-order valence-electron chi connectivity index (χ2n) is 16.2. The van der Waals surface area contributed by atoms with E-state index in [1.807, 2.05) is 63.7 Å². The minimum absolute atomic E-state index is 0.0971. The van der Waals surface area contributed by atoms with Crippen LogP contribution < -0.4 is 0 Å². The zero-order valence-electron chi connectivity index (χ0n) is 32.0. The highest BCUT2D eigenvalue weighted by Gasteiger charge is 2.52. The van der Waals surface area contributed by atoms with Crippen molar-refractivity contribution < 1.29 is 38.4 Å². The van der Waals surface area contributed by atoms with Crippen LogP contribution in [0.3, 0.4) is 0 Å². The molecule has 48 heavy (non-hydrogen) atoms. The molecule has 10 atom stereocenters. The van der Waals surface area contributed by atoms with Gasteiger partial charge in [0.05, 0.1) is 24.4 Å². The Labute approximate surface area is 289 Å². The molecule has 3 fully saturated rings. The number of methoxy groups -OCH3 is 1. The van der Waals surface area contributed by atoms with Gasteiger partial charge in [0.1, 0.15) is 17.6 Å². The third kappa shape index (κ3) is 9.35. The SMILES string of the molecule is CO[C@]1(C)C[C@@H](C)CN(C)[C@H](C2CCN(C(=O)CN(C)C)CC2)[C@H](C)OC(=O)C(C)(C)C(=O)[C@H](C)[C@H]1O[C@@H]1O[C@H](C)C[C@H](N(C)C)[C@H]1O. The lowest BCUT2D eigenvalue weighted by molar-refractivity contribution is -0.295. The first-order chi connectivity index (χ1) is 22.2. The largest absolute Gasteiger partial charge is 0.460 e. The van der Waals surface area contributed by atoms with Gasteiger partial charge in [-0.05, 0) is 107 Å². The van der Waals surface area contributed by atoms with Crippen molar-refractivity contribution in [3.05, 3.63) is 0 Å². The van der Waals surface area contributed by atoms with Gasteiger partial charge >= 0.3 is 5.97 Å². The summed E-state index contributed by atoms with van der Waals surface area (Å²) in [6.07, 6.45) is -0.631. The third-order valence-electron chi connectivity index (χ3n) is 11.1. The molecule has 12 nitrogen and oxygen atoms in total. The fraction of sp³-hybridized carbons (Fsp3) is 0.917. The number of Topliss-reactive ketones (excluding diaryl/α,β-unsaturated/α-hetero) is 1. The van der Waals surface area contributed by atoms with Crippen molar-refractivity contribution in [3.63, 3.8) is 0 Å². The van der Waals surface area contributed by atoms with E-state index in [-0.39, 0.29) is 41.7 Å². The lowest BCUT2D eigenvalue weighted by Gasteiger charge is -2.47. The monoisotopic (exact) mass is 682 g/mol. The molecule has 0 saturated carbocycles. The van der Waals surface area contributed by atoms with Gasteiger partial charge in [-0.25, -0.2) is 0 Å². The van der Waals surface area contributed by atoms with E-state index in [1.165, 1.54) is 0 Å². The number of rotatable bonds is 7. The Morgan fingerprint density at radius 1 is 1.04 bits per heavy atom. The van der Waals surface area contributed by atoms with Crippen LogP contribution in [-0.4, -0.2) is 159 Å². The van der Waals surface area contributed by atoms with Crippen molar-refractivity contribution in [1.29, 1.82) is 0 Å². The number of piperidine rings is 1. The van der Waals surface area contributed by atoms with Crippen molar-refractivity contribution in [2.75, 3.05) is 68.5 Å². The fourth-order valence-electron chi connectivity index (χ4n) is 8.43. The number of carbonyl (C=O) groups is 3. The highest BCUT2D eigenvalue weighted by atomic mass is 16.7. The first kappa shape index (κ1) is 40.8. The van der Waals surface area contributed by atoms with Crippen LogP contribution in [0.2, 0.25) is 0 Å². The van der Waals surface area contributed by atoms with Gasteiger partial charge in [-0.2, -0.15) is 0 Å². The number of likely N-dealkylation sites (N-methyl/N-ethyl adjacent to an activating group) is 3. The van der Waals surface area contributed by atoms with Crippen molar-refractivity contribution in [1.82, 2.24) is 19.6 Å². The maximum atomic E-state index is 14.4. The Morgan fingerprint density at radius 3 is 2.19 bits per heavy atom. The van der Waals surface area contributed by atoms with Gasteiger partial charge in [0.25, 0.3) is 0 Å². The normalized spacial score (nSPS) is 38.3. The average Bonchev–Trinajstić information content (AvgIpc) is 2.99. The minimum atomic E-state index is -1.47. The lowest BCUT2D eigenvalue weighted by Crippen LogP contribution is -2.59. The lowest BCUT2D eigenvalue weighted by atomic mass is 9.74. The second-order valence-corrected chi connectivity index (χ2v) is 16.2. The number of nitrogens with zero attached hydrogens (tertiary/aromatic N) is 4. The molecule has 278 valence electrons. The van der Waals surface area contributed by atoms with E-state index in [2.05, 4.69) is 18.9 Å². The van der Waals surface area contributed by atoms with Crippen LogP contribution in [-0.2, 0) is 33.3 Å². The Hall–Kier alpha value is -1.67. The van der Waals surface area contributed by atoms with Gasteiger partial charge in [-0.15, -0.1) is 0 Å². The number of aliphatic hydroxyl groups excluding tert-OH is 1. The van der Waals surface area contributed by atoms with E-state index in [4.69, 9.17) is 18.9 Å².